The first-order valence-corrected chi connectivity index (χ1v) is 15.4. The summed E-state index contributed by atoms with van der Waals surface area (Å²) in [5.41, 5.74) is 6.98. The first-order chi connectivity index (χ1) is 15.3. The molecule has 3 rings (SSSR count). The van der Waals surface area contributed by atoms with Crippen LogP contribution in [0.3, 0.4) is 0 Å². The molecule has 0 N–H and O–H groups in total. The fourth-order valence-corrected chi connectivity index (χ4v) is 7.88. The molecule has 0 atom stereocenters. The van der Waals surface area contributed by atoms with E-state index < -0.39 is 0 Å². The second kappa shape index (κ2) is 13.9. The predicted molar refractivity (Wildman–Crippen MR) is 144 cm³/mol. The largest absolute Gasteiger partial charge is 0.142 e. The van der Waals surface area contributed by atoms with Crippen molar-refractivity contribution in [3.8, 4) is 0 Å². The van der Waals surface area contributed by atoms with E-state index in [0.29, 0.717) is 0 Å². The lowest BCUT2D eigenvalue weighted by molar-refractivity contribution is 0.613. The normalized spacial score (nSPS) is 15.3. The van der Waals surface area contributed by atoms with E-state index in [4.69, 9.17) is 0 Å². The Morgan fingerprint density at radius 2 is 1.26 bits per heavy atom. The van der Waals surface area contributed by atoms with E-state index in [1.165, 1.54) is 115 Å². The molecule has 0 aromatic carbocycles. The molecule has 0 spiro atoms. The summed E-state index contributed by atoms with van der Waals surface area (Å²) in [7, 11) is 0. The van der Waals surface area contributed by atoms with Gasteiger partial charge in [-0.3, -0.25) is 0 Å². The van der Waals surface area contributed by atoms with E-state index in [9.17, 15) is 0 Å². The quantitative estimate of drug-likeness (QED) is 0.210. The average molecular weight is 459 g/mol. The molecule has 2 heterocycles. The zero-order chi connectivity index (χ0) is 21.9. The Balaban J connectivity index is 1.79. The molecule has 0 nitrogen and oxygen atoms in total. The van der Waals surface area contributed by atoms with Crippen LogP contribution >= 0.6 is 23.1 Å². The van der Waals surface area contributed by atoms with Crippen LogP contribution in [0.15, 0.2) is 16.5 Å². The topological polar surface area (TPSA) is 0 Å². The summed E-state index contributed by atoms with van der Waals surface area (Å²) in [4.78, 5) is 1.67. The molecule has 0 saturated carbocycles. The molecule has 0 unspecified atom stereocenters. The zero-order valence-corrected chi connectivity index (χ0v) is 22.3. The summed E-state index contributed by atoms with van der Waals surface area (Å²) in [6, 6.07) is 0. The highest BCUT2D eigenvalue weighted by Gasteiger charge is 2.30. The molecule has 174 valence electrons. The van der Waals surface area contributed by atoms with Crippen molar-refractivity contribution in [2.45, 2.75) is 130 Å². The third kappa shape index (κ3) is 6.76. The Kier molecular flexibility index (Phi) is 11.3. The SMILES string of the molecule is CCCCCCCCC1=c2c(CCCCCC)csc2=C2SCC(CCCCCC)=C21. The molecule has 2 aliphatic rings. The fourth-order valence-electron chi connectivity index (χ4n) is 5.23. The van der Waals surface area contributed by atoms with Crippen molar-refractivity contribution in [3.05, 3.63) is 31.8 Å². The van der Waals surface area contributed by atoms with Crippen molar-refractivity contribution in [2.24, 2.45) is 0 Å². The smallest absolute Gasteiger partial charge is 0.0490 e. The number of rotatable bonds is 17. The molecule has 1 aliphatic heterocycles. The van der Waals surface area contributed by atoms with Gasteiger partial charge in [0, 0.05) is 20.4 Å². The number of hydrogen-bond donors (Lipinski definition) is 0. The van der Waals surface area contributed by atoms with Crippen molar-refractivity contribution >= 4 is 33.6 Å². The maximum atomic E-state index is 2.52. The van der Waals surface area contributed by atoms with Crippen LogP contribution < -0.4 is 9.75 Å². The lowest BCUT2D eigenvalue weighted by atomic mass is 9.93. The van der Waals surface area contributed by atoms with Gasteiger partial charge in [-0.2, -0.15) is 0 Å². The number of aryl methyl sites for hydroxylation is 1. The van der Waals surface area contributed by atoms with Crippen LogP contribution in [0, 0.1) is 0 Å². The highest BCUT2D eigenvalue weighted by Crippen LogP contribution is 2.46. The van der Waals surface area contributed by atoms with E-state index in [1.807, 2.05) is 0 Å². The van der Waals surface area contributed by atoms with E-state index >= 15 is 0 Å². The van der Waals surface area contributed by atoms with Gasteiger partial charge < -0.3 is 0 Å². The van der Waals surface area contributed by atoms with Crippen LogP contribution in [-0.2, 0) is 6.42 Å². The van der Waals surface area contributed by atoms with Gasteiger partial charge in [0.05, 0.1) is 0 Å². The number of unbranched alkanes of at least 4 members (excludes halogenated alkanes) is 11. The lowest BCUT2D eigenvalue weighted by Crippen LogP contribution is -2.22. The molecule has 0 amide bonds. The van der Waals surface area contributed by atoms with Crippen LogP contribution in [0.4, 0.5) is 0 Å². The number of thioether (sulfide) groups is 1. The van der Waals surface area contributed by atoms with E-state index in [1.54, 1.807) is 36.9 Å². The van der Waals surface area contributed by atoms with Crippen molar-refractivity contribution in [2.75, 3.05) is 5.75 Å². The molecule has 1 aromatic rings. The van der Waals surface area contributed by atoms with Gasteiger partial charge >= 0.3 is 0 Å². The lowest BCUT2D eigenvalue weighted by Gasteiger charge is -2.11. The zero-order valence-electron chi connectivity index (χ0n) is 20.6. The Labute approximate surface area is 200 Å². The maximum absolute atomic E-state index is 2.52. The molecule has 0 saturated heterocycles. The number of fused-ring (bicyclic) bond motifs is 2. The molecular weight excluding hydrogens is 412 g/mol. The Morgan fingerprint density at radius 3 is 1.97 bits per heavy atom. The van der Waals surface area contributed by atoms with Crippen molar-refractivity contribution < 1.29 is 0 Å². The molecule has 0 radical (unpaired) electrons. The third-order valence-electron chi connectivity index (χ3n) is 7.06. The molecule has 1 aromatic heterocycles. The Morgan fingerprint density at radius 1 is 0.677 bits per heavy atom. The molecule has 0 bridgehead atoms. The summed E-state index contributed by atoms with van der Waals surface area (Å²) in [6.45, 7) is 6.96. The molecule has 1 aliphatic carbocycles. The van der Waals surface area contributed by atoms with Crippen molar-refractivity contribution in [3.63, 3.8) is 0 Å². The minimum absolute atomic E-state index is 1.26. The minimum Gasteiger partial charge on any atom is -0.142 e. The van der Waals surface area contributed by atoms with Gasteiger partial charge in [0.25, 0.3) is 0 Å². The van der Waals surface area contributed by atoms with Gasteiger partial charge in [0.1, 0.15) is 0 Å². The molecular formula is C29H46S2. The number of thiophene rings is 1. The highest BCUT2D eigenvalue weighted by molar-refractivity contribution is 8.08. The van der Waals surface area contributed by atoms with Gasteiger partial charge in [0.2, 0.25) is 0 Å². The summed E-state index contributed by atoms with van der Waals surface area (Å²) in [5, 5.41) is 4.22. The molecule has 0 fully saturated rings. The average Bonchev–Trinajstić information content (AvgIpc) is 3.45. The molecule has 2 heteroatoms. The Hall–Kier alpha value is -0.470. The van der Waals surface area contributed by atoms with E-state index in [-0.39, 0.29) is 0 Å². The van der Waals surface area contributed by atoms with Gasteiger partial charge in [-0.15, -0.1) is 23.1 Å². The van der Waals surface area contributed by atoms with E-state index in [0.717, 1.165) is 0 Å². The maximum Gasteiger partial charge on any atom is 0.0490 e. The minimum atomic E-state index is 1.26. The van der Waals surface area contributed by atoms with E-state index in [2.05, 4.69) is 49.2 Å². The van der Waals surface area contributed by atoms with Gasteiger partial charge in [-0.25, -0.2) is 0 Å². The van der Waals surface area contributed by atoms with Crippen LogP contribution in [0.2, 0.25) is 0 Å². The first kappa shape index (κ1) is 25.2. The second-order valence-electron chi connectivity index (χ2n) is 9.68. The van der Waals surface area contributed by atoms with Crippen LogP contribution in [0.1, 0.15) is 129 Å². The predicted octanol–water partition coefficient (Wildman–Crippen LogP) is 8.91. The second-order valence-corrected chi connectivity index (χ2v) is 11.5. The summed E-state index contributed by atoms with van der Waals surface area (Å²) in [5.74, 6) is 1.26. The van der Waals surface area contributed by atoms with Crippen molar-refractivity contribution in [1.82, 2.24) is 0 Å². The van der Waals surface area contributed by atoms with Crippen LogP contribution in [0.5, 0.6) is 0 Å². The van der Waals surface area contributed by atoms with Crippen LogP contribution in [-0.4, -0.2) is 5.75 Å². The summed E-state index contributed by atoms with van der Waals surface area (Å²) in [6.07, 6.45) is 23.4. The monoisotopic (exact) mass is 458 g/mol. The van der Waals surface area contributed by atoms with Gasteiger partial charge in [-0.1, -0.05) is 97.0 Å². The van der Waals surface area contributed by atoms with Crippen LogP contribution in [0.25, 0.3) is 10.5 Å². The summed E-state index contributed by atoms with van der Waals surface area (Å²) >= 11 is 4.21. The Bertz CT molecular complexity index is 823. The standard InChI is InChI=1S/C29H46S2/c1-4-7-10-13-14-17-20-25-26-23(18-15-11-8-5-2)21-30-28(26)29-27(25)24(22-31-29)19-16-12-9-6-3/h21H,4-20,22H2,1-3H3. The molecule has 31 heavy (non-hydrogen) atoms. The summed E-state index contributed by atoms with van der Waals surface area (Å²) < 4.78 is 1.65. The first-order valence-electron chi connectivity index (χ1n) is 13.5. The highest BCUT2D eigenvalue weighted by atomic mass is 32.2. The van der Waals surface area contributed by atoms with Crippen molar-refractivity contribution in [1.29, 1.82) is 0 Å². The third-order valence-corrected chi connectivity index (χ3v) is 9.43. The fraction of sp³-hybridized carbons (Fsp3) is 0.724. The van der Waals surface area contributed by atoms with Gasteiger partial charge in [-0.05, 0) is 60.6 Å². The number of hydrogen-bond acceptors (Lipinski definition) is 2. The van der Waals surface area contributed by atoms with Gasteiger partial charge in [0.15, 0.2) is 0 Å².